The zero-order valence-electron chi connectivity index (χ0n) is 58.5. The largest absolute Gasteiger partial charge is 0.481 e. The number of aliphatic hydroxyl groups is 1. The van der Waals surface area contributed by atoms with Crippen LogP contribution in [0.15, 0.2) is 72.8 Å². The Balaban J connectivity index is 0.000000434. The lowest BCUT2D eigenvalue weighted by Gasteiger charge is -2.37. The molecule has 0 radical (unpaired) electrons. The number of methoxy groups -OCH3 is 1. The van der Waals surface area contributed by atoms with Gasteiger partial charge in [-0.3, -0.25) is 38.4 Å². The second-order valence-corrected chi connectivity index (χ2v) is 28.5. The Labute approximate surface area is 566 Å². The molecule has 5 aliphatic rings. The normalized spacial score (nSPS) is 21.1. The van der Waals surface area contributed by atoms with Crippen molar-refractivity contribution in [1.29, 1.82) is 0 Å². The molecule has 20 nitrogen and oxygen atoms in total. The number of alkyl halides is 3. The van der Waals surface area contributed by atoms with E-state index in [9.17, 15) is 56.3 Å². The Kier molecular flexibility index (Phi) is 34.5. The highest BCUT2D eigenvalue weighted by atomic mass is 19.4. The molecule has 0 saturated carbocycles. The number of halogens is 3. The fourth-order valence-electron chi connectivity index (χ4n) is 13.4. The summed E-state index contributed by atoms with van der Waals surface area (Å²) in [5, 5.41) is 21.9. The van der Waals surface area contributed by atoms with Gasteiger partial charge in [-0.2, -0.15) is 13.2 Å². The van der Waals surface area contributed by atoms with Gasteiger partial charge in [-0.25, -0.2) is 6.57 Å². The van der Waals surface area contributed by atoms with Crippen molar-refractivity contribution >= 4 is 53.4 Å². The molecule has 5 amide bonds. The summed E-state index contributed by atoms with van der Waals surface area (Å²) in [5.74, 6) is -3.78. The van der Waals surface area contributed by atoms with Crippen molar-refractivity contribution in [3.8, 4) is 0 Å². The number of hydrogen-bond donors (Lipinski definition) is 8. The standard InChI is InChI=1S/C25H38N2O4.C22H29N3O3.C11H11N.C8H16O.C5H9NO3.C2H3F3O.H3N/c1-16(13-23(26)29)22(28)14-20(25(3,4)15-17(2)31-5)24(30)27-21-12-8-10-18-9-6-7-11-19(18)21;1-22(2)12-14-10-15(26)11-17(23)21(28)25(14)19(22)20(27)24-18-9-5-7-13-6-3-4-8-16(13)18;1-12-11-8-4-6-9-5-2-3-7-10(9)11;1-7(2)5-8(3,4)6-9;1-3(5(8)9)2-4(6)7;3-2(4,5)1-6;/h6-7,9,11,16-17,20-21H,8,10,12-15H2,1-5H3,(H2,26,29)(H,27,30);3-4,6,8,14,17-19H,5,7,9-12,23H2,1-2H3,(H,24,27);2-3,5,7,11H,4,6,8H2;6-7H,5H2,1-4H3;3H,2H2,1H3,(H2,6,7)(H,8,9);6H,1H2;1H3/t16-,17?,20?,21+;14-,17-,18+,19?;11-;;3-;;/m001.0../s1. The third-order valence-electron chi connectivity index (χ3n) is 18.1. The number of carboxylic acid groups (broad SMARTS) is 1. The smallest absolute Gasteiger partial charge is 0.411 e. The zero-order chi connectivity index (χ0) is 71.8. The Morgan fingerprint density at radius 1 is 0.740 bits per heavy atom. The zero-order valence-corrected chi connectivity index (χ0v) is 58.5. The van der Waals surface area contributed by atoms with Crippen LogP contribution in [0.4, 0.5) is 13.2 Å². The fourth-order valence-corrected chi connectivity index (χ4v) is 13.4. The van der Waals surface area contributed by atoms with Crippen LogP contribution in [0, 0.1) is 46.5 Å². The molecule has 2 heterocycles. The summed E-state index contributed by atoms with van der Waals surface area (Å²) in [6.07, 6.45) is 8.44. The number of fused-ring (bicyclic) bond motifs is 4. The predicted octanol–water partition coefficient (Wildman–Crippen LogP) is 11.1. The van der Waals surface area contributed by atoms with Gasteiger partial charge in [0.2, 0.25) is 35.6 Å². The van der Waals surface area contributed by atoms with Gasteiger partial charge in [0.25, 0.3) is 0 Å². The van der Waals surface area contributed by atoms with Crippen LogP contribution in [0.2, 0.25) is 0 Å². The Hall–Kier alpha value is -7.39. The predicted molar refractivity (Wildman–Crippen MR) is 363 cm³/mol. The van der Waals surface area contributed by atoms with Gasteiger partial charge >= 0.3 is 12.1 Å². The van der Waals surface area contributed by atoms with E-state index in [1.807, 2.05) is 78.8 Å². The van der Waals surface area contributed by atoms with Crippen LogP contribution in [0.1, 0.15) is 218 Å². The number of aliphatic hydroxyl groups excluding tert-OH is 1. The van der Waals surface area contributed by atoms with Crippen LogP contribution >= 0.6 is 0 Å². The van der Waals surface area contributed by atoms with Crippen LogP contribution in [0.25, 0.3) is 4.85 Å². The molecule has 96 heavy (non-hydrogen) atoms. The molecule has 0 bridgehead atoms. The van der Waals surface area contributed by atoms with Crippen LogP contribution in [-0.4, -0.2) is 113 Å². The number of carboxylic acids is 1. The number of rotatable bonds is 19. The van der Waals surface area contributed by atoms with E-state index in [1.54, 1.807) is 18.9 Å². The number of carbonyl (C=O) groups is 9. The van der Waals surface area contributed by atoms with Crippen molar-refractivity contribution in [2.75, 3.05) is 13.7 Å². The number of nitrogens with zero attached hydrogens (tertiary/aromatic N) is 2. The highest BCUT2D eigenvalue weighted by Crippen LogP contribution is 2.44. The molecule has 3 aliphatic carbocycles. The monoisotopic (exact) mass is 1350 g/mol. The first-order chi connectivity index (χ1) is 44.3. The summed E-state index contributed by atoms with van der Waals surface area (Å²) < 4.78 is 37.0. The number of carbonyl (C=O) groups excluding carboxylic acids is 8. The molecular weight excluding hydrogens is 1240 g/mol. The van der Waals surface area contributed by atoms with Crippen molar-refractivity contribution in [3.63, 3.8) is 0 Å². The lowest BCUT2D eigenvalue weighted by atomic mass is 9.71. The number of ether oxygens (including phenoxy) is 1. The van der Waals surface area contributed by atoms with E-state index in [1.165, 1.54) is 41.2 Å². The Morgan fingerprint density at radius 3 is 1.62 bits per heavy atom. The third kappa shape index (κ3) is 27.3. The van der Waals surface area contributed by atoms with Gasteiger partial charge in [-0.05, 0) is 122 Å². The SMILES string of the molecule is CC(C)CC(C)(C)C=O.CC1(C)C[C@@H]2CC(=O)C[C@H](N)C(=O)N2C1C(=O)N[C@@H]1CCCc2ccccc21.COC(C)CC(C)(C)C(CC(=O)[C@@H](C)CC(N)=O)C(=O)N[C@@H]1CCCc2ccccc21.C[C@@H](CC(N)=O)C(=O)O.N.OCC(F)(F)F.[C-]#[N+][C@@H]1CCCc2ccccc21. The van der Waals surface area contributed by atoms with Gasteiger partial charge in [0, 0.05) is 68.6 Å². The summed E-state index contributed by atoms with van der Waals surface area (Å²) >= 11 is 0. The van der Waals surface area contributed by atoms with Crippen LogP contribution < -0.4 is 34.0 Å². The molecule has 534 valence electrons. The minimum absolute atomic E-state index is 0. The maximum absolute atomic E-state index is 13.5. The molecule has 8 rings (SSSR count). The molecule has 3 aromatic carbocycles. The van der Waals surface area contributed by atoms with Crippen molar-refractivity contribution in [1.82, 2.24) is 21.7 Å². The first-order valence-corrected chi connectivity index (χ1v) is 33.1. The fraction of sp³-hybridized carbons (Fsp3) is 0.616. The van der Waals surface area contributed by atoms with Crippen molar-refractivity contribution in [3.05, 3.63) is 118 Å². The first-order valence-electron chi connectivity index (χ1n) is 33.1. The molecule has 2 fully saturated rings. The van der Waals surface area contributed by atoms with E-state index < -0.39 is 71.2 Å². The molecule has 23 heteroatoms. The minimum Gasteiger partial charge on any atom is -0.481 e. The summed E-state index contributed by atoms with van der Waals surface area (Å²) in [6, 6.07) is 23.1. The molecule has 2 aliphatic heterocycles. The molecule has 0 aromatic heterocycles. The van der Waals surface area contributed by atoms with E-state index in [4.69, 9.17) is 38.7 Å². The van der Waals surface area contributed by atoms with Crippen molar-refractivity contribution in [2.45, 2.75) is 234 Å². The van der Waals surface area contributed by atoms with Gasteiger partial charge in [0.05, 0.1) is 36.1 Å². The summed E-state index contributed by atoms with van der Waals surface area (Å²) in [6.45, 7) is 26.7. The lowest BCUT2D eigenvalue weighted by Crippen LogP contribution is -2.56. The molecule has 3 unspecified atom stereocenters. The average Bonchev–Trinajstić information content (AvgIpc) is 1.59. The highest BCUT2D eigenvalue weighted by molar-refractivity contribution is 5.96. The van der Waals surface area contributed by atoms with Crippen molar-refractivity contribution in [2.24, 2.45) is 57.1 Å². The molecule has 2 saturated heterocycles. The van der Waals surface area contributed by atoms with Gasteiger partial charge < -0.3 is 63.5 Å². The number of hydrogen-bond acceptors (Lipinski definition) is 13. The lowest BCUT2D eigenvalue weighted by molar-refractivity contribution is -0.159. The Morgan fingerprint density at radius 2 is 1.20 bits per heavy atom. The van der Waals surface area contributed by atoms with E-state index in [2.05, 4.69) is 71.8 Å². The summed E-state index contributed by atoms with van der Waals surface area (Å²) in [7, 11) is 1.65. The van der Waals surface area contributed by atoms with E-state index in [0.29, 0.717) is 25.2 Å². The summed E-state index contributed by atoms with van der Waals surface area (Å²) in [4.78, 5) is 112. The number of benzene rings is 3. The number of Topliss-reactive ketones (excluding diaryl/α,β-unsaturated/α-hetero) is 2. The number of primary amides is 2. The molecule has 0 spiro atoms. The molecular formula is C73H109F3N8O12. The van der Waals surface area contributed by atoms with Crippen molar-refractivity contribution < 1.29 is 71.3 Å². The molecule has 13 N–H and O–H groups in total. The summed E-state index contributed by atoms with van der Waals surface area (Å²) in [5.41, 5.74) is 22.5. The van der Waals surface area contributed by atoms with E-state index >= 15 is 0 Å². The third-order valence-corrected chi connectivity index (χ3v) is 18.1. The van der Waals surface area contributed by atoms with E-state index in [-0.39, 0.29) is 96.8 Å². The Bertz CT molecular complexity index is 3110. The van der Waals surface area contributed by atoms with E-state index in [0.717, 1.165) is 69.6 Å². The maximum Gasteiger partial charge on any atom is 0.411 e. The highest BCUT2D eigenvalue weighted by Gasteiger charge is 2.55. The number of aryl methyl sites for hydroxylation is 3. The molecule has 3 aromatic rings. The number of amides is 5. The second kappa shape index (κ2) is 39.1. The maximum atomic E-state index is 13.5. The number of aldehydes is 1. The second-order valence-electron chi connectivity index (χ2n) is 28.5. The van der Waals surface area contributed by atoms with Crippen LogP contribution in [0.3, 0.4) is 0 Å². The average molecular weight is 1350 g/mol. The first kappa shape index (κ1) is 84.7. The quantitative estimate of drug-likeness (QED) is 0.0409. The van der Waals surface area contributed by atoms with Gasteiger partial charge in [0.1, 0.15) is 30.5 Å². The topological polar surface area (TPSA) is 348 Å². The minimum atomic E-state index is -4.40. The van der Waals surface area contributed by atoms with Crippen LogP contribution in [0.5, 0.6) is 0 Å². The van der Waals surface area contributed by atoms with Crippen LogP contribution in [-0.2, 0) is 67.2 Å². The number of nitrogens with two attached hydrogens (primary N) is 3. The number of ketones is 2. The van der Waals surface area contributed by atoms with Gasteiger partial charge in [-0.1, -0.05) is 142 Å². The molecule has 10 atom stereocenters. The van der Waals surface area contributed by atoms with Gasteiger partial charge in [0.15, 0.2) is 0 Å². The van der Waals surface area contributed by atoms with Gasteiger partial charge in [-0.15, -0.1) is 0 Å². The number of nitrogens with one attached hydrogen (secondary N) is 2. The number of aliphatic carboxylic acids is 1.